The number of carbonyl (C=O) groups excluding carboxylic acids is 1. The second kappa shape index (κ2) is 4.72. The summed E-state index contributed by atoms with van der Waals surface area (Å²) in [7, 11) is 0. The Bertz CT molecular complexity index is 468. The van der Waals surface area contributed by atoms with Crippen molar-refractivity contribution in [3.8, 4) is 12.1 Å². The van der Waals surface area contributed by atoms with Crippen LogP contribution in [0.2, 0.25) is 0 Å². The van der Waals surface area contributed by atoms with Crippen molar-refractivity contribution in [3.63, 3.8) is 0 Å². The number of ketones is 1. The van der Waals surface area contributed by atoms with Gasteiger partial charge in [0.25, 0.3) is 0 Å². The van der Waals surface area contributed by atoms with Crippen LogP contribution in [0.1, 0.15) is 15.9 Å². The number of hydrogen-bond donors (Lipinski definition) is 0. The van der Waals surface area contributed by atoms with Crippen molar-refractivity contribution in [2.24, 2.45) is 5.92 Å². The third-order valence-corrected chi connectivity index (χ3v) is 2.57. The van der Waals surface area contributed by atoms with Crippen molar-refractivity contribution in [1.29, 1.82) is 10.5 Å². The van der Waals surface area contributed by atoms with E-state index in [1.807, 2.05) is 6.92 Å². The van der Waals surface area contributed by atoms with Gasteiger partial charge in [-0.1, -0.05) is 22.0 Å². The molecule has 0 saturated heterocycles. The van der Waals surface area contributed by atoms with E-state index in [0.717, 1.165) is 5.56 Å². The van der Waals surface area contributed by atoms with Crippen LogP contribution >= 0.6 is 15.9 Å². The van der Waals surface area contributed by atoms with Crippen molar-refractivity contribution in [2.75, 3.05) is 0 Å². The van der Waals surface area contributed by atoms with E-state index >= 15 is 0 Å². The van der Waals surface area contributed by atoms with Crippen LogP contribution in [0.15, 0.2) is 22.7 Å². The van der Waals surface area contributed by atoms with Crippen molar-refractivity contribution in [2.45, 2.75) is 6.92 Å². The summed E-state index contributed by atoms with van der Waals surface area (Å²) in [6.07, 6.45) is 0. The van der Waals surface area contributed by atoms with Crippen LogP contribution in [0, 0.1) is 35.5 Å². The molecule has 15 heavy (non-hydrogen) atoms. The first-order valence-electron chi connectivity index (χ1n) is 4.19. The number of hydrogen-bond acceptors (Lipinski definition) is 3. The molecule has 74 valence electrons. The Labute approximate surface area is 96.1 Å². The van der Waals surface area contributed by atoms with E-state index in [2.05, 4.69) is 15.9 Å². The van der Waals surface area contributed by atoms with Crippen LogP contribution in [-0.2, 0) is 0 Å². The van der Waals surface area contributed by atoms with Crippen LogP contribution in [0.4, 0.5) is 0 Å². The van der Waals surface area contributed by atoms with Gasteiger partial charge in [-0.05, 0) is 24.6 Å². The highest BCUT2D eigenvalue weighted by Crippen LogP contribution is 2.21. The maximum Gasteiger partial charge on any atom is 0.195 e. The molecule has 0 spiro atoms. The molecule has 0 bridgehead atoms. The highest BCUT2D eigenvalue weighted by Gasteiger charge is 2.20. The Morgan fingerprint density at radius 1 is 1.40 bits per heavy atom. The molecule has 1 aromatic rings. The van der Waals surface area contributed by atoms with Crippen LogP contribution in [-0.4, -0.2) is 5.78 Å². The maximum absolute atomic E-state index is 11.7. The third kappa shape index (κ3) is 2.43. The number of aryl methyl sites for hydroxylation is 1. The quantitative estimate of drug-likeness (QED) is 0.770. The van der Waals surface area contributed by atoms with Gasteiger partial charge in [0, 0.05) is 10.0 Å². The lowest BCUT2D eigenvalue weighted by Crippen LogP contribution is -2.11. The third-order valence-electron chi connectivity index (χ3n) is 1.91. The molecule has 0 fully saturated rings. The first kappa shape index (κ1) is 11.4. The average molecular weight is 263 g/mol. The molecule has 0 aliphatic heterocycles. The van der Waals surface area contributed by atoms with Crippen molar-refractivity contribution >= 4 is 21.7 Å². The van der Waals surface area contributed by atoms with Gasteiger partial charge in [-0.2, -0.15) is 10.5 Å². The number of Topliss-reactive ketones (excluding diaryl/α,β-unsaturated/α-hetero) is 1. The zero-order valence-corrected chi connectivity index (χ0v) is 9.58. The standard InChI is InChI=1S/C11H7BrN2O/c1-7-2-3-9(10(12)4-7)11(15)8(5-13)6-14/h2-4,8H,1H3. The normalized spacial score (nSPS) is 9.40. The van der Waals surface area contributed by atoms with Gasteiger partial charge in [-0.3, -0.25) is 4.79 Å². The van der Waals surface area contributed by atoms with Crippen LogP contribution in [0.3, 0.4) is 0 Å². The molecule has 0 radical (unpaired) electrons. The van der Waals surface area contributed by atoms with Gasteiger partial charge in [0.2, 0.25) is 0 Å². The van der Waals surface area contributed by atoms with Crippen LogP contribution in [0.5, 0.6) is 0 Å². The number of benzene rings is 1. The minimum Gasteiger partial charge on any atom is -0.291 e. The first-order valence-corrected chi connectivity index (χ1v) is 4.99. The van der Waals surface area contributed by atoms with Crippen molar-refractivity contribution < 1.29 is 4.79 Å². The number of nitrogens with zero attached hydrogens (tertiary/aromatic N) is 2. The fraction of sp³-hybridized carbons (Fsp3) is 0.182. The first-order chi connectivity index (χ1) is 7.10. The summed E-state index contributed by atoms with van der Waals surface area (Å²) in [6.45, 7) is 1.89. The lowest BCUT2D eigenvalue weighted by Gasteiger charge is -2.04. The SMILES string of the molecule is Cc1ccc(C(=O)C(C#N)C#N)c(Br)c1. The highest BCUT2D eigenvalue weighted by molar-refractivity contribution is 9.10. The zero-order chi connectivity index (χ0) is 11.4. The molecule has 0 heterocycles. The van der Waals surface area contributed by atoms with Crippen molar-refractivity contribution in [1.82, 2.24) is 0 Å². The van der Waals surface area contributed by atoms with E-state index < -0.39 is 11.7 Å². The molecule has 1 aromatic carbocycles. The summed E-state index contributed by atoms with van der Waals surface area (Å²) in [4.78, 5) is 11.7. The molecule has 0 aromatic heterocycles. The topological polar surface area (TPSA) is 64.7 Å². The number of rotatable bonds is 2. The molecule has 0 atom stereocenters. The second-order valence-corrected chi connectivity index (χ2v) is 3.89. The largest absolute Gasteiger partial charge is 0.291 e. The molecule has 0 amide bonds. The minimum atomic E-state index is -1.23. The predicted octanol–water partition coefficient (Wildman–Crippen LogP) is 2.60. The smallest absolute Gasteiger partial charge is 0.195 e. The summed E-state index contributed by atoms with van der Waals surface area (Å²) < 4.78 is 0.614. The van der Waals surface area contributed by atoms with E-state index in [1.54, 1.807) is 30.3 Å². The molecule has 0 N–H and O–H groups in total. The van der Waals surface area contributed by atoms with Gasteiger partial charge in [-0.15, -0.1) is 0 Å². The van der Waals surface area contributed by atoms with Gasteiger partial charge in [0.05, 0.1) is 12.1 Å². The monoisotopic (exact) mass is 262 g/mol. The lowest BCUT2D eigenvalue weighted by atomic mass is 9.99. The molecule has 4 heteroatoms. The Balaban J connectivity index is 3.14. The number of carbonyl (C=O) groups is 1. The molecular weight excluding hydrogens is 256 g/mol. The summed E-state index contributed by atoms with van der Waals surface area (Å²) >= 11 is 3.23. The number of halogens is 1. The predicted molar refractivity (Wildman–Crippen MR) is 57.9 cm³/mol. The Morgan fingerprint density at radius 3 is 2.47 bits per heavy atom. The van der Waals surface area contributed by atoms with E-state index in [4.69, 9.17) is 10.5 Å². The molecule has 0 unspecified atom stereocenters. The fourth-order valence-corrected chi connectivity index (χ4v) is 1.81. The van der Waals surface area contributed by atoms with E-state index in [9.17, 15) is 4.79 Å². The highest BCUT2D eigenvalue weighted by atomic mass is 79.9. The van der Waals surface area contributed by atoms with Crippen molar-refractivity contribution in [3.05, 3.63) is 33.8 Å². The molecule has 3 nitrogen and oxygen atoms in total. The van der Waals surface area contributed by atoms with Gasteiger partial charge < -0.3 is 0 Å². The number of nitriles is 2. The summed E-state index contributed by atoms with van der Waals surface area (Å²) in [5, 5.41) is 17.2. The van der Waals surface area contributed by atoms with Crippen LogP contribution < -0.4 is 0 Å². The van der Waals surface area contributed by atoms with E-state index in [0.29, 0.717) is 10.0 Å². The molecule has 0 saturated carbocycles. The molecule has 0 aliphatic rings. The van der Waals surface area contributed by atoms with Gasteiger partial charge in [0.15, 0.2) is 11.7 Å². The van der Waals surface area contributed by atoms with Gasteiger partial charge in [-0.25, -0.2) is 0 Å². The van der Waals surface area contributed by atoms with Gasteiger partial charge in [0.1, 0.15) is 0 Å². The van der Waals surface area contributed by atoms with Gasteiger partial charge >= 0.3 is 0 Å². The summed E-state index contributed by atoms with van der Waals surface area (Å²) in [5.74, 6) is -1.70. The van der Waals surface area contributed by atoms with Crippen LogP contribution in [0.25, 0.3) is 0 Å². The molecule has 1 rings (SSSR count). The van der Waals surface area contributed by atoms with E-state index in [-0.39, 0.29) is 0 Å². The second-order valence-electron chi connectivity index (χ2n) is 3.04. The lowest BCUT2D eigenvalue weighted by molar-refractivity contribution is 0.0970. The minimum absolute atomic E-state index is 0.369. The summed E-state index contributed by atoms with van der Waals surface area (Å²) in [5.41, 5.74) is 1.37. The molecule has 0 aliphatic carbocycles. The fourth-order valence-electron chi connectivity index (χ4n) is 1.12. The Kier molecular flexibility index (Phi) is 3.60. The van der Waals surface area contributed by atoms with E-state index in [1.165, 1.54) is 0 Å². The maximum atomic E-state index is 11.7. The average Bonchev–Trinajstić information content (AvgIpc) is 2.19. The Hall–Kier alpha value is -1.65. The zero-order valence-electron chi connectivity index (χ0n) is 7.99. The summed E-state index contributed by atoms with van der Waals surface area (Å²) in [6, 6.07) is 8.48. The molecular formula is C11H7BrN2O. The Morgan fingerprint density at radius 2 is 2.00 bits per heavy atom.